The van der Waals surface area contributed by atoms with Gasteiger partial charge in [-0.05, 0) is 64.8 Å². The predicted octanol–water partition coefficient (Wildman–Crippen LogP) is 6.36. The molecule has 0 aliphatic carbocycles. The van der Waals surface area contributed by atoms with Crippen LogP contribution in [0.5, 0.6) is 0 Å². The number of nitrogens with zero attached hydrogens (tertiary/aromatic N) is 2. The Kier molecular flexibility index (Phi) is 6.68. The summed E-state index contributed by atoms with van der Waals surface area (Å²) in [5, 5.41) is 2.40. The Bertz CT molecular complexity index is 1020. The molecule has 0 radical (unpaired) electrons. The van der Waals surface area contributed by atoms with E-state index >= 15 is 0 Å². The molecular weight excluding hydrogens is 372 g/mol. The third kappa shape index (κ3) is 4.76. The van der Waals surface area contributed by atoms with E-state index in [4.69, 9.17) is 4.84 Å². The van der Waals surface area contributed by atoms with Crippen molar-refractivity contribution in [2.45, 2.75) is 65.5 Å². The fourth-order valence-corrected chi connectivity index (χ4v) is 3.73. The molecule has 0 saturated carbocycles. The van der Waals surface area contributed by atoms with Crippen LogP contribution in [-0.4, -0.2) is 41.2 Å². The largest absolute Gasteiger partial charge is 0.340 e. The number of benzene rings is 2. The van der Waals surface area contributed by atoms with E-state index in [-0.39, 0.29) is 11.3 Å². The van der Waals surface area contributed by atoms with Crippen molar-refractivity contribution in [3.8, 4) is 0 Å². The molecule has 4 nitrogen and oxygen atoms in total. The number of aryl methyl sites for hydroxylation is 1. The number of hydroxylamine groups is 3. The quantitative estimate of drug-likeness (QED) is 0.178. The molecule has 1 aromatic heterocycles. The van der Waals surface area contributed by atoms with Crippen LogP contribution < -0.4 is 0 Å². The summed E-state index contributed by atoms with van der Waals surface area (Å²) in [5.41, 5.74) is 3.33. The lowest BCUT2D eigenvalue weighted by atomic mass is 10.1. The number of Topliss-reactive ketones (excluding diaryl/α,β-unsaturated/α-hetero) is 1. The molecule has 1 heterocycles. The summed E-state index contributed by atoms with van der Waals surface area (Å²) in [4.78, 5) is 17.9. The van der Waals surface area contributed by atoms with Crippen molar-refractivity contribution in [1.29, 1.82) is 0 Å². The molecule has 0 atom stereocenters. The Morgan fingerprint density at radius 1 is 0.933 bits per heavy atom. The zero-order chi connectivity index (χ0) is 21.9. The van der Waals surface area contributed by atoms with Crippen LogP contribution in [0, 0.1) is 0 Å². The van der Waals surface area contributed by atoms with E-state index in [0.717, 1.165) is 31.6 Å². The molecule has 162 valence electrons. The average molecular weight is 410 g/mol. The molecule has 0 bridgehead atoms. The van der Waals surface area contributed by atoms with E-state index in [1.165, 1.54) is 34.6 Å². The maximum Gasteiger partial charge on any atom is 0.159 e. The third-order valence-corrected chi connectivity index (χ3v) is 6.48. The third-order valence-electron chi connectivity index (χ3n) is 6.48. The highest BCUT2D eigenvalue weighted by Gasteiger charge is 2.33. The standard InChI is InChI=1S/C26H37N2O2/c1-20(29)21-15-16-25-23(19-21)22-13-9-10-14-24(22)27(25)17-11-7-8-12-18-30-28(5,6)26(2,3)4/h9-10,13-16,19H,7-8,11-12,17-18H2,1-6H3/q+1. The normalized spacial score (nSPS) is 12.7. The number of carbonyl (C=O) groups is 1. The second kappa shape index (κ2) is 8.91. The van der Waals surface area contributed by atoms with Crippen molar-refractivity contribution in [2.75, 3.05) is 20.7 Å². The molecular formula is C26H37N2O2+. The van der Waals surface area contributed by atoms with Gasteiger partial charge in [-0.1, -0.05) is 31.0 Å². The first-order chi connectivity index (χ1) is 14.1. The minimum absolute atomic E-state index is 0.0821. The van der Waals surface area contributed by atoms with Crippen molar-refractivity contribution >= 4 is 27.6 Å². The summed E-state index contributed by atoms with van der Waals surface area (Å²) in [6, 6.07) is 14.6. The van der Waals surface area contributed by atoms with Gasteiger partial charge in [0, 0.05) is 33.9 Å². The van der Waals surface area contributed by atoms with Gasteiger partial charge < -0.3 is 4.57 Å². The van der Waals surface area contributed by atoms with E-state index < -0.39 is 0 Å². The van der Waals surface area contributed by atoms with Gasteiger partial charge in [0.05, 0.1) is 14.1 Å². The molecule has 0 aliphatic rings. The first kappa shape index (κ1) is 22.5. The number of hydrogen-bond donors (Lipinski definition) is 0. The summed E-state index contributed by atoms with van der Waals surface area (Å²) >= 11 is 0. The number of unbranched alkanes of at least 4 members (excludes halogenated alkanes) is 3. The second-order valence-electron chi connectivity index (χ2n) is 9.73. The Balaban J connectivity index is 1.60. The molecule has 0 unspecified atom stereocenters. The molecule has 4 heteroatoms. The Morgan fingerprint density at radius 2 is 1.60 bits per heavy atom. The van der Waals surface area contributed by atoms with Crippen LogP contribution in [0.2, 0.25) is 0 Å². The van der Waals surface area contributed by atoms with Gasteiger partial charge in [-0.2, -0.15) is 4.65 Å². The number of hydrogen-bond acceptors (Lipinski definition) is 2. The van der Waals surface area contributed by atoms with Crippen LogP contribution in [0.4, 0.5) is 0 Å². The molecule has 0 spiro atoms. The van der Waals surface area contributed by atoms with E-state index in [1.807, 2.05) is 12.1 Å². The molecule has 0 saturated heterocycles. The van der Waals surface area contributed by atoms with Crippen LogP contribution in [0.1, 0.15) is 63.7 Å². The fourth-order valence-electron chi connectivity index (χ4n) is 3.73. The summed E-state index contributed by atoms with van der Waals surface area (Å²) in [7, 11) is 4.25. The van der Waals surface area contributed by atoms with E-state index in [1.54, 1.807) is 6.92 Å². The van der Waals surface area contributed by atoms with E-state index in [9.17, 15) is 4.79 Å². The van der Waals surface area contributed by atoms with Gasteiger partial charge in [-0.15, -0.1) is 0 Å². The van der Waals surface area contributed by atoms with E-state index in [2.05, 4.69) is 69.8 Å². The number of ketones is 1. The van der Waals surface area contributed by atoms with Crippen LogP contribution in [0.25, 0.3) is 21.8 Å². The Labute approximate surface area is 181 Å². The van der Waals surface area contributed by atoms with Gasteiger partial charge in [0.15, 0.2) is 5.78 Å². The average Bonchev–Trinajstić information content (AvgIpc) is 2.99. The van der Waals surface area contributed by atoms with Crippen molar-refractivity contribution in [1.82, 2.24) is 4.57 Å². The van der Waals surface area contributed by atoms with Gasteiger partial charge in [-0.3, -0.25) is 4.79 Å². The number of aromatic nitrogens is 1. The molecule has 30 heavy (non-hydrogen) atoms. The van der Waals surface area contributed by atoms with Gasteiger partial charge in [0.1, 0.15) is 12.1 Å². The van der Waals surface area contributed by atoms with E-state index in [0.29, 0.717) is 4.65 Å². The monoisotopic (exact) mass is 409 g/mol. The first-order valence-corrected chi connectivity index (χ1v) is 11.1. The first-order valence-electron chi connectivity index (χ1n) is 11.1. The molecule has 3 rings (SSSR count). The molecule has 0 N–H and O–H groups in total. The highest BCUT2D eigenvalue weighted by atomic mass is 16.7. The lowest BCUT2D eigenvalue weighted by Gasteiger charge is -2.39. The van der Waals surface area contributed by atoms with Gasteiger partial charge in [0.2, 0.25) is 0 Å². The Hall–Kier alpha value is -2.17. The lowest BCUT2D eigenvalue weighted by molar-refractivity contribution is -1.11. The van der Waals surface area contributed by atoms with Gasteiger partial charge in [-0.25, -0.2) is 4.84 Å². The minimum Gasteiger partial charge on any atom is -0.340 e. The van der Waals surface area contributed by atoms with Gasteiger partial charge in [0.25, 0.3) is 0 Å². The predicted molar refractivity (Wildman–Crippen MR) is 126 cm³/mol. The van der Waals surface area contributed by atoms with Crippen molar-refractivity contribution in [2.24, 2.45) is 0 Å². The molecule has 0 aliphatic heterocycles. The second-order valence-corrected chi connectivity index (χ2v) is 9.73. The maximum atomic E-state index is 11.8. The van der Waals surface area contributed by atoms with Crippen LogP contribution in [0.3, 0.4) is 0 Å². The van der Waals surface area contributed by atoms with Crippen LogP contribution in [0.15, 0.2) is 42.5 Å². The van der Waals surface area contributed by atoms with Crippen molar-refractivity contribution < 1.29 is 14.3 Å². The summed E-state index contributed by atoms with van der Waals surface area (Å²) < 4.78 is 2.99. The Morgan fingerprint density at radius 3 is 2.30 bits per heavy atom. The number of rotatable bonds is 9. The highest BCUT2D eigenvalue weighted by Crippen LogP contribution is 2.30. The molecule has 3 aromatic rings. The molecule has 0 fully saturated rings. The van der Waals surface area contributed by atoms with Crippen molar-refractivity contribution in [3.63, 3.8) is 0 Å². The minimum atomic E-state index is 0.0821. The topological polar surface area (TPSA) is 31.2 Å². The SMILES string of the molecule is CC(=O)c1ccc2c(c1)c1ccccc1n2CCCCCCO[N+](C)(C)C(C)(C)C. The number of carbonyl (C=O) groups excluding carboxylic acids is 1. The zero-order valence-electron chi connectivity index (χ0n) is 19.5. The highest BCUT2D eigenvalue weighted by molar-refractivity contribution is 6.10. The zero-order valence-corrected chi connectivity index (χ0v) is 19.5. The fraction of sp³-hybridized carbons (Fsp3) is 0.500. The molecule has 2 aromatic carbocycles. The summed E-state index contributed by atoms with van der Waals surface area (Å²) in [6.45, 7) is 10.0. The van der Waals surface area contributed by atoms with Crippen LogP contribution >= 0.6 is 0 Å². The summed E-state index contributed by atoms with van der Waals surface area (Å²) in [5.74, 6) is 0.115. The summed E-state index contributed by atoms with van der Waals surface area (Å²) in [6.07, 6.45) is 4.59. The number of para-hydroxylation sites is 1. The lowest BCUT2D eigenvalue weighted by Crippen LogP contribution is -2.54. The van der Waals surface area contributed by atoms with Crippen molar-refractivity contribution in [3.05, 3.63) is 48.0 Å². The molecule has 0 amide bonds. The number of fused-ring (bicyclic) bond motifs is 3. The smallest absolute Gasteiger partial charge is 0.159 e. The number of quaternary nitrogens is 1. The van der Waals surface area contributed by atoms with Gasteiger partial charge >= 0.3 is 0 Å². The maximum absolute atomic E-state index is 11.8. The van der Waals surface area contributed by atoms with Crippen LogP contribution in [-0.2, 0) is 11.4 Å².